The largest absolute Gasteiger partial charge is 0.344 e. The van der Waals surface area contributed by atoms with E-state index >= 15 is 0 Å². The molecule has 7 nitrogen and oxygen atoms in total. The summed E-state index contributed by atoms with van der Waals surface area (Å²) in [5, 5.41) is 7.90. The Morgan fingerprint density at radius 1 is 1.26 bits per heavy atom. The Balaban J connectivity index is 1.50. The maximum absolute atomic E-state index is 12.3. The average Bonchev–Trinajstić information content (AvgIpc) is 3.12. The summed E-state index contributed by atoms with van der Waals surface area (Å²) >= 11 is 5.93. The first-order valence-corrected chi connectivity index (χ1v) is 8.11. The molecule has 8 heteroatoms. The van der Waals surface area contributed by atoms with E-state index in [1.54, 1.807) is 0 Å². The van der Waals surface area contributed by atoms with E-state index in [2.05, 4.69) is 15.3 Å². The summed E-state index contributed by atoms with van der Waals surface area (Å²) < 4.78 is 10.1. The Kier molecular flexibility index (Phi) is 4.66. The number of carbonyl (C=O) groups is 1. The minimum absolute atomic E-state index is 0.127. The third-order valence-corrected chi connectivity index (χ3v) is 4.56. The Hall–Kier alpha value is -1.89. The zero-order valence-electron chi connectivity index (χ0n) is 13.2. The van der Waals surface area contributed by atoms with E-state index < -0.39 is 0 Å². The lowest BCUT2D eigenvalue weighted by molar-refractivity contribution is -0.132. The molecule has 0 atom stereocenters. The fourth-order valence-corrected chi connectivity index (χ4v) is 3.15. The Labute approximate surface area is 139 Å². The number of aryl methyl sites for hydroxylation is 2. The molecule has 2 aromatic heterocycles. The highest BCUT2D eigenvalue weighted by atomic mass is 35.5. The van der Waals surface area contributed by atoms with Crippen LogP contribution in [0.25, 0.3) is 0 Å². The van der Waals surface area contributed by atoms with E-state index in [0.717, 1.165) is 24.1 Å². The van der Waals surface area contributed by atoms with E-state index in [0.29, 0.717) is 37.6 Å². The van der Waals surface area contributed by atoms with Gasteiger partial charge in [0.2, 0.25) is 17.0 Å². The van der Waals surface area contributed by atoms with Crippen LogP contribution in [0.4, 0.5) is 0 Å². The highest BCUT2D eigenvalue weighted by Crippen LogP contribution is 2.27. The number of hydrogen-bond donors (Lipinski definition) is 0. The Morgan fingerprint density at radius 2 is 2.00 bits per heavy atom. The van der Waals surface area contributed by atoms with Gasteiger partial charge in [-0.1, -0.05) is 10.3 Å². The number of nitrogens with zero attached hydrogens (tertiary/aromatic N) is 4. The highest BCUT2D eigenvalue weighted by Gasteiger charge is 2.27. The molecule has 0 aliphatic carbocycles. The molecular formula is C15H19ClN4O3. The molecule has 2 aromatic rings. The molecule has 1 fully saturated rings. The molecule has 0 saturated carbocycles. The fourth-order valence-electron chi connectivity index (χ4n) is 2.88. The van der Waals surface area contributed by atoms with E-state index in [-0.39, 0.29) is 17.0 Å². The summed E-state index contributed by atoms with van der Waals surface area (Å²) in [6, 6.07) is 0. The van der Waals surface area contributed by atoms with Gasteiger partial charge in [0.1, 0.15) is 0 Å². The predicted molar refractivity (Wildman–Crippen MR) is 82.2 cm³/mol. The number of halogens is 1. The van der Waals surface area contributed by atoms with Crippen molar-refractivity contribution < 1.29 is 13.8 Å². The van der Waals surface area contributed by atoms with Crippen molar-refractivity contribution in [3.05, 3.63) is 28.2 Å². The Bertz CT molecular complexity index is 669. The molecule has 0 unspecified atom stereocenters. The zero-order chi connectivity index (χ0) is 16.4. The first-order valence-electron chi connectivity index (χ1n) is 7.73. The van der Waals surface area contributed by atoms with Gasteiger partial charge in [0.05, 0.1) is 5.69 Å². The van der Waals surface area contributed by atoms with E-state index in [1.165, 1.54) is 0 Å². The smallest absolute Gasteiger partial charge is 0.229 e. The van der Waals surface area contributed by atoms with Crippen LogP contribution in [0.5, 0.6) is 0 Å². The van der Waals surface area contributed by atoms with Gasteiger partial charge in [-0.2, -0.15) is 4.98 Å². The topological polar surface area (TPSA) is 85.3 Å². The van der Waals surface area contributed by atoms with Crippen LogP contribution in [-0.2, 0) is 11.2 Å². The number of amides is 1. The molecule has 3 heterocycles. The second-order valence-corrected chi connectivity index (χ2v) is 6.20. The van der Waals surface area contributed by atoms with Crippen LogP contribution in [-0.4, -0.2) is 39.2 Å². The molecule has 1 aliphatic rings. The maximum Gasteiger partial charge on any atom is 0.229 e. The van der Waals surface area contributed by atoms with Crippen LogP contribution in [0.1, 0.15) is 48.2 Å². The summed E-state index contributed by atoms with van der Waals surface area (Å²) in [4.78, 5) is 18.5. The van der Waals surface area contributed by atoms with Crippen molar-refractivity contribution in [2.75, 3.05) is 13.1 Å². The first kappa shape index (κ1) is 16.0. The molecular weight excluding hydrogens is 320 g/mol. The molecule has 0 aromatic carbocycles. The van der Waals surface area contributed by atoms with Crippen LogP contribution < -0.4 is 0 Å². The Morgan fingerprint density at radius 3 is 2.57 bits per heavy atom. The number of aromatic nitrogens is 3. The lowest BCUT2D eigenvalue weighted by Gasteiger charge is -2.30. The number of carbonyl (C=O) groups excluding carboxylic acids is 1. The highest BCUT2D eigenvalue weighted by molar-refractivity contribution is 6.29. The minimum atomic E-state index is 0.127. The second kappa shape index (κ2) is 6.70. The maximum atomic E-state index is 12.3. The summed E-state index contributed by atoms with van der Waals surface area (Å²) in [6.07, 6.45) is 2.66. The van der Waals surface area contributed by atoms with Crippen molar-refractivity contribution in [2.24, 2.45) is 0 Å². The van der Waals surface area contributed by atoms with Gasteiger partial charge >= 0.3 is 0 Å². The van der Waals surface area contributed by atoms with Crippen LogP contribution in [0.15, 0.2) is 9.05 Å². The van der Waals surface area contributed by atoms with Crippen molar-refractivity contribution in [1.82, 2.24) is 20.2 Å². The van der Waals surface area contributed by atoms with Gasteiger partial charge in [-0.15, -0.1) is 0 Å². The number of likely N-dealkylation sites (tertiary alicyclic amines) is 1. The van der Waals surface area contributed by atoms with Crippen molar-refractivity contribution in [3.63, 3.8) is 0 Å². The molecule has 23 heavy (non-hydrogen) atoms. The van der Waals surface area contributed by atoms with Crippen LogP contribution in [0, 0.1) is 13.8 Å². The molecule has 1 saturated heterocycles. The van der Waals surface area contributed by atoms with Crippen molar-refractivity contribution in [2.45, 2.75) is 45.4 Å². The molecule has 1 amide bonds. The number of piperidine rings is 1. The fraction of sp³-hybridized carbons (Fsp3) is 0.600. The van der Waals surface area contributed by atoms with E-state index in [1.807, 2.05) is 18.7 Å². The van der Waals surface area contributed by atoms with Crippen LogP contribution in [0.2, 0.25) is 5.22 Å². The molecule has 3 rings (SSSR count). The van der Waals surface area contributed by atoms with Crippen LogP contribution >= 0.6 is 11.6 Å². The van der Waals surface area contributed by atoms with Gasteiger partial charge in [-0.25, -0.2) is 0 Å². The number of hydrogen-bond acceptors (Lipinski definition) is 6. The molecule has 0 bridgehead atoms. The lowest BCUT2D eigenvalue weighted by Crippen LogP contribution is -2.38. The quantitative estimate of drug-likeness (QED) is 0.852. The van der Waals surface area contributed by atoms with Crippen molar-refractivity contribution >= 4 is 17.5 Å². The van der Waals surface area contributed by atoms with Gasteiger partial charge in [-0.05, 0) is 44.7 Å². The summed E-state index contributed by atoms with van der Waals surface area (Å²) in [6.45, 7) is 5.05. The van der Waals surface area contributed by atoms with E-state index in [4.69, 9.17) is 20.6 Å². The standard InChI is InChI=1S/C15H19ClN4O3/c1-9-12(14(16)22-18-9)3-4-13(21)20-7-5-11(6-8-20)15-17-10(2)19-23-15/h11H,3-8H2,1-2H3. The summed E-state index contributed by atoms with van der Waals surface area (Å²) in [5.41, 5.74) is 1.56. The first-order chi connectivity index (χ1) is 11.0. The van der Waals surface area contributed by atoms with Gasteiger partial charge in [0.25, 0.3) is 0 Å². The van der Waals surface area contributed by atoms with Crippen molar-refractivity contribution in [3.8, 4) is 0 Å². The SMILES string of the molecule is Cc1noc(C2CCN(C(=O)CCc3c(C)noc3Cl)CC2)n1. The molecule has 124 valence electrons. The minimum Gasteiger partial charge on any atom is -0.344 e. The third kappa shape index (κ3) is 3.55. The molecule has 0 radical (unpaired) electrons. The second-order valence-electron chi connectivity index (χ2n) is 5.86. The summed E-state index contributed by atoms with van der Waals surface area (Å²) in [7, 11) is 0. The number of rotatable bonds is 4. The molecule has 0 spiro atoms. The predicted octanol–water partition coefficient (Wildman–Crippen LogP) is 2.67. The zero-order valence-corrected chi connectivity index (χ0v) is 14.0. The van der Waals surface area contributed by atoms with Crippen LogP contribution in [0.3, 0.4) is 0 Å². The normalized spacial score (nSPS) is 16.0. The molecule has 1 aliphatic heterocycles. The van der Waals surface area contributed by atoms with E-state index in [9.17, 15) is 4.79 Å². The third-order valence-electron chi connectivity index (χ3n) is 4.27. The van der Waals surface area contributed by atoms with Gasteiger partial charge in [0, 0.05) is 31.0 Å². The van der Waals surface area contributed by atoms with Gasteiger partial charge in [-0.3, -0.25) is 4.79 Å². The lowest BCUT2D eigenvalue weighted by atomic mass is 9.96. The van der Waals surface area contributed by atoms with Crippen molar-refractivity contribution in [1.29, 1.82) is 0 Å². The monoisotopic (exact) mass is 338 g/mol. The summed E-state index contributed by atoms with van der Waals surface area (Å²) in [5.74, 6) is 1.71. The van der Waals surface area contributed by atoms with Gasteiger partial charge in [0.15, 0.2) is 5.82 Å². The average molecular weight is 339 g/mol. The van der Waals surface area contributed by atoms with Gasteiger partial charge < -0.3 is 13.9 Å². The molecule has 0 N–H and O–H groups in total.